The van der Waals surface area contributed by atoms with Crippen LogP contribution in [0.25, 0.3) is 6.08 Å². The molecule has 0 saturated carbocycles. The Hall–Kier alpha value is -4.03. The number of amides is 2. The molecule has 1 aliphatic rings. The number of rotatable bonds is 10. The van der Waals surface area contributed by atoms with Crippen molar-refractivity contribution >= 4 is 33.8 Å². The number of carbonyl (C=O) groups is 2. The van der Waals surface area contributed by atoms with Gasteiger partial charge in [0.05, 0.1) is 16.5 Å². The van der Waals surface area contributed by atoms with Gasteiger partial charge in [-0.25, -0.2) is 22.3 Å². The van der Waals surface area contributed by atoms with E-state index in [4.69, 9.17) is 0 Å². The lowest BCUT2D eigenvalue weighted by molar-refractivity contribution is -0.384. The number of benzene rings is 2. The lowest BCUT2D eigenvalue weighted by Crippen LogP contribution is -2.49. The highest BCUT2D eigenvalue weighted by Gasteiger charge is 2.38. The summed E-state index contributed by atoms with van der Waals surface area (Å²) in [4.78, 5) is 36.8. The molecule has 3 rings (SSSR count). The normalized spacial score (nSPS) is 16.5. The number of nitro groups is 1. The predicted molar refractivity (Wildman–Crippen MR) is 133 cm³/mol. The van der Waals surface area contributed by atoms with Crippen molar-refractivity contribution in [1.29, 1.82) is 0 Å². The Balaban J connectivity index is 1.80. The van der Waals surface area contributed by atoms with Gasteiger partial charge in [-0.3, -0.25) is 10.1 Å². The highest BCUT2D eigenvalue weighted by Crippen LogP contribution is 2.35. The first-order valence-corrected chi connectivity index (χ1v) is 12.5. The molecule has 36 heavy (non-hydrogen) atoms. The van der Waals surface area contributed by atoms with Crippen LogP contribution >= 0.6 is 0 Å². The molecule has 1 unspecified atom stereocenters. The Labute approximate surface area is 208 Å². The molecule has 0 spiro atoms. The fraction of sp³-hybridized carbons (Fsp3) is 0.250. The van der Waals surface area contributed by atoms with E-state index in [9.17, 15) is 33.2 Å². The van der Waals surface area contributed by atoms with Crippen LogP contribution in [0.1, 0.15) is 30.5 Å². The van der Waals surface area contributed by atoms with Crippen molar-refractivity contribution in [2.75, 3.05) is 20.1 Å². The van der Waals surface area contributed by atoms with E-state index in [1.54, 1.807) is 24.3 Å². The van der Waals surface area contributed by atoms with E-state index in [1.807, 2.05) is 6.07 Å². The molecule has 1 aliphatic heterocycles. The predicted octanol–water partition coefficient (Wildman–Crippen LogP) is 3.34. The molecular formula is C24H26N4O7S. The molecule has 0 bridgehead atoms. The monoisotopic (exact) mass is 514 g/mol. The molecule has 1 atom stereocenters. The molecule has 2 aromatic carbocycles. The number of nitrogens with zero attached hydrogens (tertiary/aromatic N) is 3. The van der Waals surface area contributed by atoms with Gasteiger partial charge in [-0.1, -0.05) is 42.5 Å². The number of allylic oxidation sites excluding steroid dienone is 1. The number of urea groups is 1. The zero-order valence-electron chi connectivity index (χ0n) is 19.7. The average molecular weight is 515 g/mol. The van der Waals surface area contributed by atoms with Gasteiger partial charge in [0.25, 0.3) is 5.69 Å². The van der Waals surface area contributed by atoms with E-state index in [2.05, 4.69) is 5.32 Å². The van der Waals surface area contributed by atoms with Gasteiger partial charge in [0, 0.05) is 43.4 Å². The summed E-state index contributed by atoms with van der Waals surface area (Å²) in [5, 5.41) is 24.7. The Morgan fingerprint density at radius 1 is 1.22 bits per heavy atom. The van der Waals surface area contributed by atoms with Crippen LogP contribution in [0.3, 0.4) is 0 Å². The maximum Gasteiger partial charge on any atom is 0.335 e. The van der Waals surface area contributed by atoms with Crippen LogP contribution in [-0.4, -0.2) is 59.8 Å². The molecule has 190 valence electrons. The van der Waals surface area contributed by atoms with E-state index in [1.165, 1.54) is 49.2 Å². The number of hydrogen-bond donors (Lipinski definition) is 2. The summed E-state index contributed by atoms with van der Waals surface area (Å²) in [5.41, 5.74) is 0.759. The van der Waals surface area contributed by atoms with Gasteiger partial charge >= 0.3 is 12.0 Å². The fourth-order valence-electron chi connectivity index (χ4n) is 3.86. The van der Waals surface area contributed by atoms with Crippen LogP contribution in [0, 0.1) is 10.1 Å². The summed E-state index contributed by atoms with van der Waals surface area (Å²) < 4.78 is 26.4. The van der Waals surface area contributed by atoms with E-state index in [0.29, 0.717) is 0 Å². The number of sulfonamides is 1. The quantitative estimate of drug-likeness (QED) is 0.365. The first-order chi connectivity index (χ1) is 17.0. The SMILES string of the molecule is CC1=C(C(=O)O)C(c2cccc([N+](=O)[O-])c2)N(CCCN(C)S(=O)(=O)/C=C/c2ccccc2)C(=O)N1. The van der Waals surface area contributed by atoms with Crippen molar-refractivity contribution in [3.63, 3.8) is 0 Å². The lowest BCUT2D eigenvalue weighted by atomic mass is 9.93. The second kappa shape index (κ2) is 11.1. The molecule has 0 radical (unpaired) electrons. The second-order valence-electron chi connectivity index (χ2n) is 8.16. The van der Waals surface area contributed by atoms with Crippen LogP contribution in [0.4, 0.5) is 10.5 Å². The Bertz CT molecular complexity index is 1320. The summed E-state index contributed by atoms with van der Waals surface area (Å²) in [7, 11) is -2.33. The third-order valence-electron chi connectivity index (χ3n) is 5.71. The molecule has 1 heterocycles. The molecule has 2 N–H and O–H groups in total. The minimum absolute atomic E-state index is 0.00547. The fourth-order valence-corrected chi connectivity index (χ4v) is 4.78. The highest BCUT2D eigenvalue weighted by atomic mass is 32.2. The Morgan fingerprint density at radius 3 is 2.56 bits per heavy atom. The minimum Gasteiger partial charge on any atom is -0.478 e. The standard InChI is InChI=1S/C24H26N4O7S/c1-17-21(23(29)30)22(19-10-6-11-20(16-19)28(32)33)27(24(31)25-17)14-7-13-26(2)36(34,35)15-12-18-8-4-3-5-9-18/h3-6,8-12,15-16,22H,7,13-14H2,1-2H3,(H,25,31)(H,29,30)/b15-12+. The van der Waals surface area contributed by atoms with Crippen molar-refractivity contribution in [1.82, 2.24) is 14.5 Å². The molecule has 11 nitrogen and oxygen atoms in total. The number of hydrogen-bond acceptors (Lipinski definition) is 6. The number of carboxylic acid groups (broad SMARTS) is 1. The number of aliphatic carboxylic acids is 1. The molecule has 12 heteroatoms. The number of non-ortho nitro benzene ring substituents is 1. The third-order valence-corrected chi connectivity index (χ3v) is 7.24. The first kappa shape index (κ1) is 26.6. The van der Waals surface area contributed by atoms with Gasteiger partial charge in [-0.05, 0) is 30.5 Å². The van der Waals surface area contributed by atoms with Crippen LogP contribution in [-0.2, 0) is 14.8 Å². The summed E-state index contributed by atoms with van der Waals surface area (Å²) in [6, 6.07) is 12.7. The highest BCUT2D eigenvalue weighted by molar-refractivity contribution is 7.92. The van der Waals surface area contributed by atoms with E-state index in [0.717, 1.165) is 15.3 Å². The molecular weight excluding hydrogens is 488 g/mol. The van der Waals surface area contributed by atoms with Gasteiger partial charge < -0.3 is 15.3 Å². The summed E-state index contributed by atoms with van der Waals surface area (Å²) >= 11 is 0. The zero-order chi connectivity index (χ0) is 26.5. The third kappa shape index (κ3) is 6.15. The second-order valence-corrected chi connectivity index (χ2v) is 10.1. The summed E-state index contributed by atoms with van der Waals surface area (Å²) in [6.45, 7) is 1.51. The van der Waals surface area contributed by atoms with Crippen molar-refractivity contribution in [3.8, 4) is 0 Å². The van der Waals surface area contributed by atoms with Crippen LogP contribution in [0.5, 0.6) is 0 Å². The first-order valence-electron chi connectivity index (χ1n) is 11.0. The van der Waals surface area contributed by atoms with Crippen LogP contribution in [0.15, 0.2) is 71.3 Å². The number of nitro benzene ring substituents is 1. The van der Waals surface area contributed by atoms with Crippen LogP contribution < -0.4 is 5.32 Å². The molecule has 2 aromatic rings. The van der Waals surface area contributed by atoms with E-state index in [-0.39, 0.29) is 42.0 Å². The van der Waals surface area contributed by atoms with Crippen LogP contribution in [0.2, 0.25) is 0 Å². The number of nitrogens with one attached hydrogen (secondary N) is 1. The van der Waals surface area contributed by atoms with Crippen molar-refractivity contribution in [3.05, 3.63) is 92.5 Å². The zero-order valence-corrected chi connectivity index (χ0v) is 20.5. The van der Waals surface area contributed by atoms with Crippen molar-refractivity contribution in [2.45, 2.75) is 19.4 Å². The van der Waals surface area contributed by atoms with Gasteiger partial charge in [0.15, 0.2) is 0 Å². The smallest absolute Gasteiger partial charge is 0.335 e. The van der Waals surface area contributed by atoms with E-state index < -0.39 is 33.0 Å². The molecule has 2 amide bonds. The Kier molecular flexibility index (Phi) is 8.22. The van der Waals surface area contributed by atoms with Gasteiger partial charge in [-0.15, -0.1) is 0 Å². The lowest BCUT2D eigenvalue weighted by Gasteiger charge is -2.37. The number of carbonyl (C=O) groups excluding carboxylic acids is 1. The maximum atomic E-state index is 12.8. The van der Waals surface area contributed by atoms with Gasteiger partial charge in [-0.2, -0.15) is 0 Å². The summed E-state index contributed by atoms with van der Waals surface area (Å²) in [5.74, 6) is -1.28. The topological polar surface area (TPSA) is 150 Å². The van der Waals surface area contributed by atoms with Crippen molar-refractivity contribution < 1.29 is 28.0 Å². The van der Waals surface area contributed by atoms with Crippen molar-refractivity contribution in [2.24, 2.45) is 0 Å². The average Bonchev–Trinajstić information content (AvgIpc) is 2.84. The molecule has 0 fully saturated rings. The molecule has 0 aromatic heterocycles. The maximum absolute atomic E-state index is 12.8. The summed E-state index contributed by atoms with van der Waals surface area (Å²) in [6.07, 6.45) is 1.68. The largest absolute Gasteiger partial charge is 0.478 e. The number of carboxylic acids is 1. The molecule has 0 saturated heterocycles. The minimum atomic E-state index is -3.73. The van der Waals surface area contributed by atoms with Gasteiger partial charge in [0.2, 0.25) is 10.0 Å². The molecule has 0 aliphatic carbocycles. The van der Waals surface area contributed by atoms with Gasteiger partial charge in [0.1, 0.15) is 0 Å². The Morgan fingerprint density at radius 2 is 1.92 bits per heavy atom. The van der Waals surface area contributed by atoms with E-state index >= 15 is 0 Å².